The van der Waals surface area contributed by atoms with E-state index in [9.17, 15) is 4.79 Å². The number of benzene rings is 1. The zero-order valence-electron chi connectivity index (χ0n) is 13.8. The summed E-state index contributed by atoms with van der Waals surface area (Å²) in [5.74, 6) is 0. The van der Waals surface area contributed by atoms with Gasteiger partial charge in [0, 0.05) is 43.3 Å². The van der Waals surface area contributed by atoms with Crippen molar-refractivity contribution >= 4 is 17.4 Å². The third-order valence-electron chi connectivity index (χ3n) is 4.29. The lowest BCUT2D eigenvalue weighted by molar-refractivity contribution is 0.249. The van der Waals surface area contributed by atoms with Crippen LogP contribution in [-0.4, -0.2) is 28.9 Å². The third-order valence-corrected chi connectivity index (χ3v) is 4.29. The number of urea groups is 1. The first-order valence-electron chi connectivity index (χ1n) is 8.00. The molecule has 0 fully saturated rings. The molecule has 3 rings (SSSR count). The Morgan fingerprint density at radius 2 is 2.26 bits per heavy atom. The minimum Gasteiger partial charge on any atom is -0.371 e. The third kappa shape index (κ3) is 3.31. The highest BCUT2D eigenvalue weighted by atomic mass is 16.2. The summed E-state index contributed by atoms with van der Waals surface area (Å²) in [6.07, 6.45) is 4.74. The maximum Gasteiger partial charge on any atom is 0.319 e. The Kier molecular flexibility index (Phi) is 4.23. The van der Waals surface area contributed by atoms with Crippen molar-refractivity contribution in [2.45, 2.75) is 26.3 Å². The number of amides is 2. The molecule has 0 saturated heterocycles. The second-order valence-electron chi connectivity index (χ2n) is 5.94. The van der Waals surface area contributed by atoms with E-state index in [4.69, 9.17) is 0 Å². The molecule has 2 aromatic rings. The van der Waals surface area contributed by atoms with Gasteiger partial charge in [-0.15, -0.1) is 0 Å². The number of carbonyl (C=O) groups is 1. The van der Waals surface area contributed by atoms with Crippen molar-refractivity contribution in [3.05, 3.63) is 41.7 Å². The van der Waals surface area contributed by atoms with Crippen molar-refractivity contribution in [3.8, 4) is 0 Å². The van der Waals surface area contributed by atoms with E-state index in [0.717, 1.165) is 30.8 Å². The molecule has 0 radical (unpaired) electrons. The normalized spacial score (nSPS) is 14.5. The summed E-state index contributed by atoms with van der Waals surface area (Å²) in [6.45, 7) is 6.13. The summed E-state index contributed by atoms with van der Waals surface area (Å²) in [6, 6.07) is 5.82. The van der Waals surface area contributed by atoms with E-state index in [2.05, 4.69) is 39.7 Å². The Labute approximate surface area is 136 Å². The summed E-state index contributed by atoms with van der Waals surface area (Å²) < 4.78 is 1.73. The van der Waals surface area contributed by atoms with Gasteiger partial charge in [-0.05, 0) is 38.0 Å². The van der Waals surface area contributed by atoms with Gasteiger partial charge in [0.25, 0.3) is 0 Å². The van der Waals surface area contributed by atoms with Gasteiger partial charge in [-0.3, -0.25) is 4.68 Å². The lowest BCUT2D eigenvalue weighted by atomic mass is 10.1. The summed E-state index contributed by atoms with van der Waals surface area (Å²) in [5.41, 5.74) is 4.38. The quantitative estimate of drug-likeness (QED) is 0.912. The molecule has 122 valence electrons. The van der Waals surface area contributed by atoms with Gasteiger partial charge in [0.2, 0.25) is 0 Å². The van der Waals surface area contributed by atoms with Gasteiger partial charge in [0.1, 0.15) is 0 Å². The van der Waals surface area contributed by atoms with Crippen LogP contribution in [0.3, 0.4) is 0 Å². The Morgan fingerprint density at radius 1 is 1.43 bits per heavy atom. The molecule has 6 nitrogen and oxygen atoms in total. The zero-order valence-corrected chi connectivity index (χ0v) is 13.8. The molecule has 0 aliphatic carbocycles. The molecular weight excluding hydrogens is 290 g/mol. The number of aromatic nitrogens is 2. The highest BCUT2D eigenvalue weighted by Crippen LogP contribution is 2.30. The molecule has 0 unspecified atom stereocenters. The van der Waals surface area contributed by atoms with E-state index in [1.165, 1.54) is 11.3 Å². The van der Waals surface area contributed by atoms with Gasteiger partial charge in [-0.25, -0.2) is 4.79 Å². The molecule has 0 spiro atoms. The van der Waals surface area contributed by atoms with Crippen molar-refractivity contribution in [1.29, 1.82) is 0 Å². The van der Waals surface area contributed by atoms with Crippen molar-refractivity contribution < 1.29 is 4.79 Å². The first-order valence-corrected chi connectivity index (χ1v) is 8.00. The van der Waals surface area contributed by atoms with Crippen LogP contribution in [0.25, 0.3) is 0 Å². The zero-order chi connectivity index (χ0) is 16.4. The molecule has 2 amide bonds. The maximum atomic E-state index is 12.2. The monoisotopic (exact) mass is 313 g/mol. The van der Waals surface area contributed by atoms with Crippen molar-refractivity contribution in [1.82, 2.24) is 15.1 Å². The van der Waals surface area contributed by atoms with E-state index in [-0.39, 0.29) is 12.1 Å². The molecule has 1 aromatic carbocycles. The molecule has 2 N–H and O–H groups in total. The number of nitrogens with zero attached hydrogens (tertiary/aromatic N) is 3. The highest BCUT2D eigenvalue weighted by molar-refractivity contribution is 5.90. The maximum absolute atomic E-state index is 12.2. The average molecular weight is 313 g/mol. The second kappa shape index (κ2) is 6.32. The van der Waals surface area contributed by atoms with E-state index in [0.29, 0.717) is 0 Å². The minimum atomic E-state index is -0.206. The SMILES string of the molecule is CCN1CCc2ccc(NC(=O)N[C@@H](C)c3cnn(C)c3)cc21. The standard InChI is InChI=1S/C17H23N5O/c1-4-22-8-7-13-5-6-15(9-16(13)22)20-17(23)19-12(2)14-10-18-21(3)11-14/h5-6,9-12H,4,7-8H2,1-3H3,(H2,19,20,23)/t12-/m0/s1. The van der Waals surface area contributed by atoms with E-state index in [1.807, 2.05) is 26.2 Å². The molecule has 0 bridgehead atoms. The van der Waals surface area contributed by atoms with E-state index in [1.54, 1.807) is 10.9 Å². The minimum absolute atomic E-state index is 0.0923. The van der Waals surface area contributed by atoms with Gasteiger partial charge < -0.3 is 15.5 Å². The first kappa shape index (κ1) is 15.4. The summed E-state index contributed by atoms with van der Waals surface area (Å²) in [5, 5.41) is 9.98. The fourth-order valence-electron chi connectivity index (χ4n) is 2.96. The van der Waals surface area contributed by atoms with Gasteiger partial charge in [0.15, 0.2) is 0 Å². The fourth-order valence-corrected chi connectivity index (χ4v) is 2.96. The second-order valence-corrected chi connectivity index (χ2v) is 5.94. The summed E-state index contributed by atoms with van der Waals surface area (Å²) in [4.78, 5) is 14.5. The Hall–Kier alpha value is -2.50. The van der Waals surface area contributed by atoms with E-state index >= 15 is 0 Å². The predicted molar refractivity (Wildman–Crippen MR) is 91.8 cm³/mol. The van der Waals surface area contributed by atoms with Crippen LogP contribution in [0.4, 0.5) is 16.2 Å². The molecular formula is C17H23N5O. The lowest BCUT2D eigenvalue weighted by Crippen LogP contribution is -2.31. The topological polar surface area (TPSA) is 62.2 Å². The molecule has 23 heavy (non-hydrogen) atoms. The highest BCUT2D eigenvalue weighted by Gasteiger charge is 2.18. The molecule has 1 aliphatic rings. The number of nitrogens with one attached hydrogen (secondary N) is 2. The largest absolute Gasteiger partial charge is 0.371 e. The Balaban J connectivity index is 1.64. The Morgan fingerprint density at radius 3 is 2.96 bits per heavy atom. The smallest absolute Gasteiger partial charge is 0.319 e. The van der Waals surface area contributed by atoms with Crippen LogP contribution in [0.15, 0.2) is 30.6 Å². The molecule has 6 heteroatoms. The van der Waals surface area contributed by atoms with Crippen LogP contribution in [0, 0.1) is 0 Å². The van der Waals surface area contributed by atoms with Crippen LogP contribution >= 0.6 is 0 Å². The number of hydrogen-bond acceptors (Lipinski definition) is 3. The molecule has 1 aliphatic heterocycles. The molecule has 2 heterocycles. The average Bonchev–Trinajstić information content (AvgIpc) is 3.12. The van der Waals surface area contributed by atoms with E-state index < -0.39 is 0 Å². The van der Waals surface area contributed by atoms with Crippen molar-refractivity contribution in [3.63, 3.8) is 0 Å². The number of carbonyl (C=O) groups excluding carboxylic acids is 1. The molecule has 1 aromatic heterocycles. The van der Waals surface area contributed by atoms with Gasteiger partial charge in [0.05, 0.1) is 12.2 Å². The summed E-state index contributed by atoms with van der Waals surface area (Å²) >= 11 is 0. The number of rotatable bonds is 4. The summed E-state index contributed by atoms with van der Waals surface area (Å²) in [7, 11) is 1.86. The number of fused-ring (bicyclic) bond motifs is 1. The van der Waals surface area contributed by atoms with Gasteiger partial charge in [-0.1, -0.05) is 6.07 Å². The van der Waals surface area contributed by atoms with Crippen molar-refractivity contribution in [2.24, 2.45) is 7.05 Å². The first-order chi connectivity index (χ1) is 11.1. The molecule has 1 atom stereocenters. The fraction of sp³-hybridized carbons (Fsp3) is 0.412. The lowest BCUT2D eigenvalue weighted by Gasteiger charge is -2.18. The van der Waals surface area contributed by atoms with Gasteiger partial charge in [-0.2, -0.15) is 5.10 Å². The van der Waals surface area contributed by atoms with Crippen LogP contribution in [0.5, 0.6) is 0 Å². The van der Waals surface area contributed by atoms with Crippen LogP contribution in [0.1, 0.15) is 31.0 Å². The van der Waals surface area contributed by atoms with Crippen LogP contribution in [0.2, 0.25) is 0 Å². The van der Waals surface area contributed by atoms with Crippen LogP contribution in [-0.2, 0) is 13.5 Å². The van der Waals surface area contributed by atoms with Gasteiger partial charge >= 0.3 is 6.03 Å². The predicted octanol–water partition coefficient (Wildman–Crippen LogP) is 2.69. The number of hydrogen-bond donors (Lipinski definition) is 2. The number of anilines is 2. The molecule has 0 saturated carbocycles. The number of aryl methyl sites for hydroxylation is 1. The number of likely N-dealkylation sites (N-methyl/N-ethyl adjacent to an activating group) is 1. The van der Waals surface area contributed by atoms with Crippen molar-refractivity contribution in [2.75, 3.05) is 23.3 Å². The Bertz CT molecular complexity index is 709. The van der Waals surface area contributed by atoms with Crippen LogP contribution < -0.4 is 15.5 Å².